The number of rotatable bonds is 20. The summed E-state index contributed by atoms with van der Waals surface area (Å²) in [7, 11) is 0. The van der Waals surface area contributed by atoms with E-state index in [-0.39, 0.29) is 0 Å². The zero-order valence-corrected chi connectivity index (χ0v) is 33.3. The van der Waals surface area contributed by atoms with E-state index in [4.69, 9.17) is 9.47 Å². The van der Waals surface area contributed by atoms with Gasteiger partial charge >= 0.3 is 0 Å². The van der Waals surface area contributed by atoms with E-state index >= 15 is 0 Å². The van der Waals surface area contributed by atoms with Crippen molar-refractivity contribution in [2.45, 2.75) is 79.1 Å². The number of fused-ring (bicyclic) bond motifs is 1. The summed E-state index contributed by atoms with van der Waals surface area (Å²) in [6.45, 7) is 10.4. The van der Waals surface area contributed by atoms with Gasteiger partial charge in [0.25, 0.3) is 0 Å². The van der Waals surface area contributed by atoms with Crippen molar-refractivity contribution >= 4 is 45.5 Å². The van der Waals surface area contributed by atoms with Gasteiger partial charge in [-0.1, -0.05) is 103 Å². The molecule has 0 aliphatic heterocycles. The number of benzene rings is 5. The van der Waals surface area contributed by atoms with Gasteiger partial charge in [-0.3, -0.25) is 0 Å². The van der Waals surface area contributed by atoms with E-state index in [1.54, 1.807) is 0 Å². The summed E-state index contributed by atoms with van der Waals surface area (Å²) in [4.78, 5) is 0. The zero-order valence-electron chi connectivity index (χ0n) is 32.5. The third-order valence-electron chi connectivity index (χ3n) is 10.1. The van der Waals surface area contributed by atoms with Crippen LogP contribution in [0.3, 0.4) is 0 Å². The first-order valence-corrected chi connectivity index (χ1v) is 20.5. The molecule has 0 saturated heterocycles. The molecule has 0 N–H and O–H groups in total. The normalized spacial score (nSPS) is 12.8. The number of aromatic nitrogens is 2. The molecule has 6 rings (SSSR count). The third-order valence-corrected chi connectivity index (χ3v) is 10.6. The van der Waals surface area contributed by atoms with Gasteiger partial charge in [0.05, 0.1) is 47.7 Å². The van der Waals surface area contributed by atoms with Crippen molar-refractivity contribution in [3.63, 3.8) is 0 Å². The molecule has 0 amide bonds. The van der Waals surface area contributed by atoms with Crippen LogP contribution in [-0.4, -0.2) is 22.0 Å². The lowest BCUT2D eigenvalue weighted by Crippen LogP contribution is -2.11. The lowest BCUT2D eigenvalue weighted by Gasteiger charge is -2.15. The van der Waals surface area contributed by atoms with Crippen LogP contribution in [0.15, 0.2) is 130 Å². The maximum Gasteiger partial charge on any atom is 0.119 e. The number of azo groups is 2. The smallest absolute Gasteiger partial charge is 0.119 e. The van der Waals surface area contributed by atoms with E-state index in [1.165, 1.54) is 50.3 Å². The van der Waals surface area contributed by atoms with Crippen LogP contribution in [-0.2, 0) is 0 Å². The van der Waals surface area contributed by atoms with Crippen LogP contribution in [0.5, 0.6) is 11.5 Å². The first-order chi connectivity index (χ1) is 27.1. The summed E-state index contributed by atoms with van der Waals surface area (Å²) in [5.74, 6) is 2.93. The summed E-state index contributed by atoms with van der Waals surface area (Å²) in [5.41, 5.74) is 8.99. The maximum atomic E-state index is 6.04. The minimum absolute atomic E-state index is 0.597. The van der Waals surface area contributed by atoms with Gasteiger partial charge in [-0.25, -0.2) is 0 Å². The van der Waals surface area contributed by atoms with E-state index in [0.29, 0.717) is 11.8 Å². The van der Waals surface area contributed by atoms with Crippen molar-refractivity contribution in [1.82, 2.24) is 8.75 Å². The van der Waals surface area contributed by atoms with Crippen molar-refractivity contribution in [2.24, 2.45) is 32.3 Å². The second-order valence-electron chi connectivity index (χ2n) is 14.1. The molecule has 0 bridgehead atoms. The van der Waals surface area contributed by atoms with Crippen LogP contribution in [0, 0.1) is 11.8 Å². The molecule has 0 aliphatic carbocycles. The molecular weight excluding hydrogens is 701 g/mol. The Morgan fingerprint density at radius 2 is 0.818 bits per heavy atom. The predicted octanol–water partition coefficient (Wildman–Crippen LogP) is 15.0. The Kier molecular flexibility index (Phi) is 14.6. The molecule has 1 heterocycles. The minimum Gasteiger partial charge on any atom is -0.493 e. The third kappa shape index (κ3) is 11.1. The topological polar surface area (TPSA) is 93.7 Å². The van der Waals surface area contributed by atoms with Crippen LogP contribution in [0.25, 0.3) is 33.3 Å². The van der Waals surface area contributed by atoms with Gasteiger partial charge in [-0.05, 0) is 109 Å². The number of hydrogen-bond donors (Lipinski definition) is 0. The fourth-order valence-electron chi connectivity index (χ4n) is 6.42. The molecule has 2 unspecified atom stereocenters. The molecule has 55 heavy (non-hydrogen) atoms. The van der Waals surface area contributed by atoms with Crippen molar-refractivity contribution < 1.29 is 9.47 Å². The van der Waals surface area contributed by atoms with E-state index in [9.17, 15) is 0 Å². The fraction of sp³-hybridized carbons (Fsp3) is 0.348. The lowest BCUT2D eigenvalue weighted by atomic mass is 9.97. The molecule has 0 fully saturated rings. The van der Waals surface area contributed by atoms with Gasteiger partial charge in [0.1, 0.15) is 22.5 Å². The molecule has 0 aliphatic rings. The fourth-order valence-corrected chi connectivity index (χ4v) is 6.99. The molecule has 2 atom stereocenters. The Balaban J connectivity index is 1.05. The van der Waals surface area contributed by atoms with Gasteiger partial charge in [0, 0.05) is 11.1 Å². The van der Waals surface area contributed by atoms with Gasteiger partial charge in [-0.2, -0.15) is 29.2 Å². The number of unbranched alkanes of at least 4 members (excludes halogenated alkanes) is 2. The molecular formula is C46H52N6O2S. The average Bonchev–Trinajstić information content (AvgIpc) is 3.74. The van der Waals surface area contributed by atoms with Crippen LogP contribution < -0.4 is 9.47 Å². The standard InChI is InChI=1S/C46H52N6O2S/c1-5-9-11-33(7-3)31-53-41-25-21-39(22-26-41)49-47-37-17-13-35(14-18-37)43-29-30-44(46-45(43)51-55-52-46)36-15-19-38(20-16-36)48-50-40-23-27-42(28-24-40)54-32-34(8-4)12-10-6-2/h13-30,33-34H,5-12,31-32H2,1-4H3. The molecule has 0 spiro atoms. The molecule has 9 heteroatoms. The highest BCUT2D eigenvalue weighted by atomic mass is 32.1. The first kappa shape index (κ1) is 39.4. The summed E-state index contributed by atoms with van der Waals surface area (Å²) >= 11 is 1.22. The molecule has 0 saturated carbocycles. The highest BCUT2D eigenvalue weighted by molar-refractivity contribution is 7.00. The van der Waals surface area contributed by atoms with Crippen molar-refractivity contribution in [3.05, 3.63) is 109 Å². The van der Waals surface area contributed by atoms with E-state index < -0.39 is 0 Å². The minimum atomic E-state index is 0.597. The Morgan fingerprint density at radius 1 is 0.473 bits per heavy atom. The average molecular weight is 753 g/mol. The SMILES string of the molecule is CCCCC(CC)COc1ccc(N=Nc2ccc(-c3ccc(-c4ccc(N=Nc5ccc(OCC(CC)CCCC)cc5)cc4)c4nsnc34)cc2)cc1. The number of nitrogens with zero attached hydrogens (tertiary/aromatic N) is 6. The number of hydrogen-bond acceptors (Lipinski definition) is 9. The molecule has 5 aromatic carbocycles. The monoisotopic (exact) mass is 752 g/mol. The quantitative estimate of drug-likeness (QED) is 0.0726. The second kappa shape index (κ2) is 20.4. The summed E-state index contributed by atoms with van der Waals surface area (Å²) in [6.07, 6.45) is 9.64. The highest BCUT2D eigenvalue weighted by Gasteiger charge is 2.14. The Labute approximate surface area is 330 Å². The van der Waals surface area contributed by atoms with Crippen LogP contribution >= 0.6 is 11.7 Å². The van der Waals surface area contributed by atoms with Gasteiger partial charge in [-0.15, -0.1) is 0 Å². The summed E-state index contributed by atoms with van der Waals surface area (Å²) in [5, 5.41) is 17.8. The zero-order chi connectivity index (χ0) is 38.2. The van der Waals surface area contributed by atoms with Crippen LogP contribution in [0.1, 0.15) is 79.1 Å². The van der Waals surface area contributed by atoms with Gasteiger partial charge in [0.15, 0.2) is 0 Å². The highest BCUT2D eigenvalue weighted by Crippen LogP contribution is 2.36. The van der Waals surface area contributed by atoms with Crippen molar-refractivity contribution in [1.29, 1.82) is 0 Å². The lowest BCUT2D eigenvalue weighted by molar-refractivity contribution is 0.233. The van der Waals surface area contributed by atoms with Gasteiger partial charge in [0.2, 0.25) is 0 Å². The van der Waals surface area contributed by atoms with Crippen molar-refractivity contribution in [3.8, 4) is 33.8 Å². The van der Waals surface area contributed by atoms with E-state index in [1.807, 2.05) is 72.8 Å². The van der Waals surface area contributed by atoms with Crippen LogP contribution in [0.4, 0.5) is 22.7 Å². The molecule has 1 aromatic heterocycles. The maximum absolute atomic E-state index is 6.04. The summed E-state index contributed by atoms with van der Waals surface area (Å²) < 4.78 is 21.5. The van der Waals surface area contributed by atoms with E-state index in [2.05, 4.69) is 93.3 Å². The van der Waals surface area contributed by atoms with Crippen molar-refractivity contribution in [2.75, 3.05) is 13.2 Å². The Morgan fingerprint density at radius 3 is 1.15 bits per heavy atom. The molecule has 284 valence electrons. The molecule has 8 nitrogen and oxygen atoms in total. The Hall–Kier alpha value is -5.28. The second-order valence-corrected chi connectivity index (χ2v) is 14.6. The molecule has 6 aromatic rings. The predicted molar refractivity (Wildman–Crippen MR) is 227 cm³/mol. The van der Waals surface area contributed by atoms with Crippen LogP contribution in [0.2, 0.25) is 0 Å². The van der Waals surface area contributed by atoms with Gasteiger partial charge < -0.3 is 9.47 Å². The van der Waals surface area contributed by atoms with E-state index in [0.717, 1.165) is 93.6 Å². The first-order valence-electron chi connectivity index (χ1n) is 19.8. The summed E-state index contributed by atoms with van der Waals surface area (Å²) in [6, 6.07) is 36.0. The number of ether oxygens (including phenoxy) is 2. The molecule has 0 radical (unpaired) electrons. The largest absolute Gasteiger partial charge is 0.493 e. The Bertz CT molecular complexity index is 1960.